The van der Waals surface area contributed by atoms with Gasteiger partial charge in [0.2, 0.25) is 0 Å². The van der Waals surface area contributed by atoms with E-state index in [4.69, 9.17) is 0 Å². The van der Waals surface area contributed by atoms with Crippen molar-refractivity contribution in [3.8, 4) is 0 Å². The lowest BCUT2D eigenvalue weighted by Crippen LogP contribution is -2.49. The van der Waals surface area contributed by atoms with Crippen molar-refractivity contribution in [2.24, 2.45) is 5.92 Å². The highest BCUT2D eigenvalue weighted by Gasteiger charge is 2.26. The molecule has 0 radical (unpaired) electrons. The third-order valence-electron chi connectivity index (χ3n) is 5.20. The molecule has 0 aromatic heterocycles. The van der Waals surface area contributed by atoms with Crippen LogP contribution in [0.3, 0.4) is 0 Å². The summed E-state index contributed by atoms with van der Waals surface area (Å²) in [5, 5.41) is 3.73. The Kier molecular flexibility index (Phi) is 6.15. The second-order valence-corrected chi connectivity index (χ2v) is 7.20. The average Bonchev–Trinajstić information content (AvgIpc) is 2.62. The molecule has 3 atom stereocenters. The molecule has 0 bridgehead atoms. The van der Waals surface area contributed by atoms with Crippen molar-refractivity contribution in [1.29, 1.82) is 0 Å². The molecule has 2 aliphatic rings. The van der Waals surface area contributed by atoms with Gasteiger partial charge in [-0.2, -0.15) is 0 Å². The molecule has 2 fully saturated rings. The summed E-state index contributed by atoms with van der Waals surface area (Å²) in [6, 6.07) is 2.28. The van der Waals surface area contributed by atoms with E-state index in [-0.39, 0.29) is 0 Å². The number of hydrogen-bond donors (Lipinski definition) is 1. The van der Waals surface area contributed by atoms with Crippen LogP contribution in [0.1, 0.15) is 72.1 Å². The van der Waals surface area contributed by atoms with Crippen molar-refractivity contribution < 1.29 is 0 Å². The van der Waals surface area contributed by atoms with Gasteiger partial charge in [0.15, 0.2) is 0 Å². The minimum atomic E-state index is 0.696. The van der Waals surface area contributed by atoms with Gasteiger partial charge < -0.3 is 5.32 Å². The second kappa shape index (κ2) is 7.64. The van der Waals surface area contributed by atoms with Gasteiger partial charge in [-0.15, -0.1) is 0 Å². The first-order valence-electron chi connectivity index (χ1n) is 8.66. The van der Waals surface area contributed by atoms with Crippen LogP contribution in [-0.4, -0.2) is 36.1 Å². The summed E-state index contributed by atoms with van der Waals surface area (Å²) in [5.74, 6) is 0.951. The van der Waals surface area contributed by atoms with E-state index in [0.29, 0.717) is 6.04 Å². The Labute approximate surface area is 120 Å². The molecule has 1 aliphatic carbocycles. The highest BCUT2D eigenvalue weighted by atomic mass is 15.2. The number of nitrogens with zero attached hydrogens (tertiary/aromatic N) is 1. The van der Waals surface area contributed by atoms with Crippen molar-refractivity contribution >= 4 is 0 Å². The Morgan fingerprint density at radius 1 is 1.00 bits per heavy atom. The third-order valence-corrected chi connectivity index (χ3v) is 5.20. The first kappa shape index (κ1) is 15.3. The molecule has 1 saturated carbocycles. The van der Waals surface area contributed by atoms with Crippen LogP contribution >= 0.6 is 0 Å². The van der Waals surface area contributed by atoms with Crippen molar-refractivity contribution in [3.05, 3.63) is 0 Å². The van der Waals surface area contributed by atoms with Gasteiger partial charge in [-0.25, -0.2) is 0 Å². The van der Waals surface area contributed by atoms with E-state index in [1.807, 2.05) is 0 Å². The molecule has 1 N–H and O–H groups in total. The number of rotatable bonds is 4. The summed E-state index contributed by atoms with van der Waals surface area (Å²) in [6.45, 7) is 9.72. The van der Waals surface area contributed by atoms with Gasteiger partial charge in [0.05, 0.1) is 0 Å². The topological polar surface area (TPSA) is 15.3 Å². The zero-order chi connectivity index (χ0) is 13.7. The SMILES string of the molecule is CC1CCCC(N(CC2CCCCN2)C(C)C)CC1. The molecular weight excluding hydrogens is 232 g/mol. The van der Waals surface area contributed by atoms with Crippen molar-refractivity contribution in [3.63, 3.8) is 0 Å². The van der Waals surface area contributed by atoms with Crippen LogP contribution in [0.15, 0.2) is 0 Å². The van der Waals surface area contributed by atoms with Crippen LogP contribution < -0.4 is 5.32 Å². The minimum absolute atomic E-state index is 0.696. The number of nitrogens with one attached hydrogen (secondary N) is 1. The zero-order valence-corrected chi connectivity index (χ0v) is 13.3. The van der Waals surface area contributed by atoms with E-state index in [1.165, 1.54) is 64.5 Å². The maximum absolute atomic E-state index is 3.73. The van der Waals surface area contributed by atoms with Crippen molar-refractivity contribution in [1.82, 2.24) is 10.2 Å². The first-order valence-corrected chi connectivity index (χ1v) is 8.66. The van der Waals surface area contributed by atoms with Gasteiger partial charge in [-0.3, -0.25) is 4.90 Å². The fourth-order valence-corrected chi connectivity index (χ4v) is 3.91. The van der Waals surface area contributed by atoms with Gasteiger partial charge >= 0.3 is 0 Å². The fourth-order valence-electron chi connectivity index (χ4n) is 3.91. The summed E-state index contributed by atoms with van der Waals surface area (Å²) < 4.78 is 0. The molecule has 0 aromatic carbocycles. The Balaban J connectivity index is 1.90. The molecule has 0 aromatic rings. The predicted octanol–water partition coefficient (Wildman–Crippen LogP) is 3.81. The maximum Gasteiger partial charge on any atom is 0.0195 e. The van der Waals surface area contributed by atoms with Crippen LogP contribution in [0, 0.1) is 5.92 Å². The number of piperidine rings is 1. The average molecular weight is 266 g/mol. The lowest BCUT2D eigenvalue weighted by Gasteiger charge is -2.38. The van der Waals surface area contributed by atoms with Crippen LogP contribution in [0.5, 0.6) is 0 Å². The number of hydrogen-bond acceptors (Lipinski definition) is 2. The molecule has 0 spiro atoms. The van der Waals surface area contributed by atoms with Gasteiger partial charge in [-0.05, 0) is 58.4 Å². The molecule has 2 rings (SSSR count). The Bertz CT molecular complexity index is 246. The highest BCUT2D eigenvalue weighted by molar-refractivity contribution is 4.84. The van der Waals surface area contributed by atoms with Crippen molar-refractivity contribution in [2.75, 3.05) is 13.1 Å². The normalized spacial score (nSPS) is 33.6. The second-order valence-electron chi connectivity index (χ2n) is 7.20. The quantitative estimate of drug-likeness (QED) is 0.779. The van der Waals surface area contributed by atoms with Gasteiger partial charge in [0.25, 0.3) is 0 Å². The molecule has 2 nitrogen and oxygen atoms in total. The molecular formula is C17H34N2. The highest BCUT2D eigenvalue weighted by Crippen LogP contribution is 2.27. The summed E-state index contributed by atoms with van der Waals surface area (Å²) >= 11 is 0. The summed E-state index contributed by atoms with van der Waals surface area (Å²) in [6.07, 6.45) is 11.3. The van der Waals surface area contributed by atoms with Crippen molar-refractivity contribution in [2.45, 2.75) is 90.3 Å². The van der Waals surface area contributed by atoms with E-state index in [9.17, 15) is 0 Å². The summed E-state index contributed by atoms with van der Waals surface area (Å²) in [4.78, 5) is 2.81. The van der Waals surface area contributed by atoms with Gasteiger partial charge in [0, 0.05) is 24.7 Å². The molecule has 2 heteroatoms. The molecule has 112 valence electrons. The van der Waals surface area contributed by atoms with E-state index >= 15 is 0 Å². The van der Waals surface area contributed by atoms with E-state index in [1.54, 1.807) is 0 Å². The first-order chi connectivity index (χ1) is 9.16. The molecule has 1 saturated heterocycles. The monoisotopic (exact) mass is 266 g/mol. The van der Waals surface area contributed by atoms with Crippen LogP contribution in [0.25, 0.3) is 0 Å². The molecule has 0 amide bonds. The Morgan fingerprint density at radius 3 is 2.53 bits per heavy atom. The largest absolute Gasteiger partial charge is 0.313 e. The summed E-state index contributed by atoms with van der Waals surface area (Å²) in [7, 11) is 0. The van der Waals surface area contributed by atoms with Gasteiger partial charge in [0.1, 0.15) is 0 Å². The zero-order valence-electron chi connectivity index (χ0n) is 13.3. The van der Waals surface area contributed by atoms with Gasteiger partial charge in [-0.1, -0.05) is 26.2 Å². The maximum atomic E-state index is 3.73. The molecule has 3 unspecified atom stereocenters. The van der Waals surface area contributed by atoms with E-state index in [0.717, 1.165) is 18.0 Å². The van der Waals surface area contributed by atoms with Crippen LogP contribution in [-0.2, 0) is 0 Å². The van der Waals surface area contributed by atoms with E-state index in [2.05, 4.69) is 31.0 Å². The molecule has 1 heterocycles. The Morgan fingerprint density at radius 2 is 1.84 bits per heavy atom. The van der Waals surface area contributed by atoms with Crippen LogP contribution in [0.2, 0.25) is 0 Å². The summed E-state index contributed by atoms with van der Waals surface area (Å²) in [5.41, 5.74) is 0. The minimum Gasteiger partial charge on any atom is -0.313 e. The lowest BCUT2D eigenvalue weighted by atomic mass is 9.99. The van der Waals surface area contributed by atoms with E-state index < -0.39 is 0 Å². The standard InChI is InChI=1S/C17H34N2/c1-14(2)19(13-16-8-4-5-12-18-16)17-9-6-7-15(3)10-11-17/h14-18H,4-13H2,1-3H3. The smallest absolute Gasteiger partial charge is 0.0195 e. The predicted molar refractivity (Wildman–Crippen MR) is 83.5 cm³/mol. The third kappa shape index (κ3) is 4.75. The lowest BCUT2D eigenvalue weighted by molar-refractivity contribution is 0.116. The molecule has 1 aliphatic heterocycles. The van der Waals surface area contributed by atoms with Crippen LogP contribution in [0.4, 0.5) is 0 Å². The Hall–Kier alpha value is -0.0800. The fraction of sp³-hybridized carbons (Fsp3) is 1.00. The molecule has 19 heavy (non-hydrogen) atoms.